The molecule has 148 valence electrons. The standard InChI is InChI=1S/C20H22FN3O3S/c1-20(8-9-28-19(22)24-20)12-4-6-15(21)16(10-12)23-18(25)14-11-13(26-2)5-7-17(14)27-3/h4-7,10-11H,8-9H2,1-3H3,(H2,22,24)(H,23,25). The van der Waals surface area contributed by atoms with Crippen LogP contribution < -0.4 is 20.5 Å². The molecule has 1 aliphatic heterocycles. The molecule has 0 aliphatic carbocycles. The Morgan fingerprint density at radius 3 is 2.71 bits per heavy atom. The zero-order chi connectivity index (χ0) is 20.3. The van der Waals surface area contributed by atoms with Gasteiger partial charge in [0.05, 0.1) is 31.0 Å². The van der Waals surface area contributed by atoms with Crippen LogP contribution in [0.5, 0.6) is 11.5 Å². The summed E-state index contributed by atoms with van der Waals surface area (Å²) in [4.78, 5) is 17.3. The lowest BCUT2D eigenvalue weighted by atomic mass is 9.89. The van der Waals surface area contributed by atoms with E-state index in [0.717, 1.165) is 17.7 Å². The summed E-state index contributed by atoms with van der Waals surface area (Å²) in [6.07, 6.45) is 0.765. The number of nitrogens with zero attached hydrogens (tertiary/aromatic N) is 1. The van der Waals surface area contributed by atoms with E-state index in [1.165, 1.54) is 32.0 Å². The van der Waals surface area contributed by atoms with Gasteiger partial charge in [0.2, 0.25) is 0 Å². The predicted molar refractivity (Wildman–Crippen MR) is 110 cm³/mol. The van der Waals surface area contributed by atoms with Crippen molar-refractivity contribution in [3.8, 4) is 11.5 Å². The quantitative estimate of drug-likeness (QED) is 0.794. The van der Waals surface area contributed by atoms with E-state index < -0.39 is 17.3 Å². The van der Waals surface area contributed by atoms with E-state index in [4.69, 9.17) is 15.2 Å². The van der Waals surface area contributed by atoms with Crippen LogP contribution in [-0.4, -0.2) is 31.0 Å². The fourth-order valence-corrected chi connectivity index (χ4v) is 4.01. The van der Waals surface area contributed by atoms with Crippen molar-refractivity contribution in [1.82, 2.24) is 0 Å². The van der Waals surface area contributed by atoms with Crippen LogP contribution >= 0.6 is 11.8 Å². The first-order valence-corrected chi connectivity index (χ1v) is 9.66. The third kappa shape index (κ3) is 4.06. The molecule has 1 unspecified atom stereocenters. The van der Waals surface area contributed by atoms with Crippen LogP contribution in [0.25, 0.3) is 0 Å². The number of amidine groups is 1. The van der Waals surface area contributed by atoms with Crippen LogP contribution in [0.1, 0.15) is 29.3 Å². The Kier molecular flexibility index (Phi) is 5.79. The fraction of sp³-hybridized carbons (Fsp3) is 0.300. The minimum atomic E-state index is -0.559. The van der Waals surface area contributed by atoms with Crippen molar-refractivity contribution in [3.05, 3.63) is 53.3 Å². The molecule has 6 nitrogen and oxygen atoms in total. The van der Waals surface area contributed by atoms with Gasteiger partial charge < -0.3 is 20.5 Å². The number of amides is 1. The summed E-state index contributed by atoms with van der Waals surface area (Å²) >= 11 is 1.50. The zero-order valence-electron chi connectivity index (χ0n) is 15.9. The van der Waals surface area contributed by atoms with E-state index in [-0.39, 0.29) is 11.3 Å². The first-order valence-electron chi connectivity index (χ1n) is 8.68. The molecule has 8 heteroatoms. The highest BCUT2D eigenvalue weighted by Gasteiger charge is 2.30. The third-order valence-electron chi connectivity index (χ3n) is 4.68. The fourth-order valence-electron chi connectivity index (χ4n) is 3.03. The number of anilines is 1. The van der Waals surface area contributed by atoms with Crippen molar-refractivity contribution in [2.75, 3.05) is 25.3 Å². The number of halogens is 1. The Morgan fingerprint density at radius 2 is 2.04 bits per heavy atom. The number of aliphatic imine (C=N–C) groups is 1. The number of carbonyl (C=O) groups excluding carboxylic acids is 1. The third-order valence-corrected chi connectivity index (χ3v) is 5.48. The van der Waals surface area contributed by atoms with Crippen molar-refractivity contribution < 1.29 is 18.7 Å². The number of benzene rings is 2. The number of methoxy groups -OCH3 is 2. The minimum absolute atomic E-state index is 0.0700. The highest BCUT2D eigenvalue weighted by molar-refractivity contribution is 8.13. The molecule has 1 amide bonds. The number of nitrogens with two attached hydrogens (primary N) is 1. The Morgan fingerprint density at radius 1 is 1.25 bits per heavy atom. The summed E-state index contributed by atoms with van der Waals surface area (Å²) in [5.41, 5.74) is 6.41. The summed E-state index contributed by atoms with van der Waals surface area (Å²) < 4.78 is 24.8. The number of hydrogen-bond acceptors (Lipinski definition) is 6. The maximum absolute atomic E-state index is 14.4. The van der Waals surface area contributed by atoms with Gasteiger partial charge in [0, 0.05) is 5.75 Å². The number of hydrogen-bond donors (Lipinski definition) is 2. The summed E-state index contributed by atoms with van der Waals surface area (Å²) in [7, 11) is 2.96. The van der Waals surface area contributed by atoms with E-state index in [1.54, 1.807) is 30.3 Å². The molecule has 0 fully saturated rings. The molecule has 2 aromatic carbocycles. The molecule has 1 heterocycles. The van der Waals surface area contributed by atoms with Gasteiger partial charge in [-0.3, -0.25) is 9.79 Å². The van der Waals surface area contributed by atoms with Crippen LogP contribution in [-0.2, 0) is 5.54 Å². The Bertz CT molecular complexity index is 935. The van der Waals surface area contributed by atoms with E-state index in [2.05, 4.69) is 10.3 Å². The predicted octanol–water partition coefficient (Wildman–Crippen LogP) is 3.76. The lowest BCUT2D eigenvalue weighted by Crippen LogP contribution is -2.29. The highest BCUT2D eigenvalue weighted by Crippen LogP contribution is 2.36. The van der Waals surface area contributed by atoms with Gasteiger partial charge in [0.15, 0.2) is 5.17 Å². The molecule has 0 spiro atoms. The van der Waals surface area contributed by atoms with Gasteiger partial charge >= 0.3 is 0 Å². The smallest absolute Gasteiger partial charge is 0.259 e. The van der Waals surface area contributed by atoms with Crippen molar-refractivity contribution >= 4 is 28.5 Å². The van der Waals surface area contributed by atoms with Gasteiger partial charge in [-0.2, -0.15) is 0 Å². The zero-order valence-corrected chi connectivity index (χ0v) is 16.7. The number of nitrogens with one attached hydrogen (secondary N) is 1. The van der Waals surface area contributed by atoms with Gasteiger partial charge in [-0.05, 0) is 49.2 Å². The number of ether oxygens (including phenoxy) is 2. The molecular weight excluding hydrogens is 381 g/mol. The molecule has 0 saturated carbocycles. The second kappa shape index (κ2) is 8.10. The van der Waals surface area contributed by atoms with E-state index in [0.29, 0.717) is 16.7 Å². The molecule has 2 aromatic rings. The molecule has 0 aromatic heterocycles. The SMILES string of the molecule is COc1ccc(OC)c(C(=O)Nc2cc(C3(C)CCSC(N)=N3)ccc2F)c1. The Hall–Kier alpha value is -2.74. The molecule has 28 heavy (non-hydrogen) atoms. The van der Waals surface area contributed by atoms with Crippen molar-refractivity contribution in [2.45, 2.75) is 18.9 Å². The average molecular weight is 403 g/mol. The largest absolute Gasteiger partial charge is 0.497 e. The average Bonchev–Trinajstić information content (AvgIpc) is 2.68. The van der Waals surface area contributed by atoms with E-state index >= 15 is 0 Å². The lowest BCUT2D eigenvalue weighted by molar-refractivity contribution is 0.102. The summed E-state index contributed by atoms with van der Waals surface area (Å²) in [5.74, 6) is 0.649. The van der Waals surface area contributed by atoms with Crippen LogP contribution in [0.3, 0.4) is 0 Å². The molecule has 3 N–H and O–H groups in total. The van der Waals surface area contributed by atoms with Crippen molar-refractivity contribution in [1.29, 1.82) is 0 Å². The Labute approximate surface area is 167 Å². The van der Waals surface area contributed by atoms with Gasteiger partial charge in [-0.15, -0.1) is 0 Å². The van der Waals surface area contributed by atoms with E-state index in [9.17, 15) is 9.18 Å². The number of thioether (sulfide) groups is 1. The lowest BCUT2D eigenvalue weighted by Gasteiger charge is -2.30. The van der Waals surface area contributed by atoms with Crippen molar-refractivity contribution in [3.63, 3.8) is 0 Å². The monoisotopic (exact) mass is 403 g/mol. The first kappa shape index (κ1) is 20.0. The summed E-state index contributed by atoms with van der Waals surface area (Å²) in [6.45, 7) is 1.95. The van der Waals surface area contributed by atoms with Crippen LogP contribution in [0.2, 0.25) is 0 Å². The molecule has 1 aliphatic rings. The second-order valence-electron chi connectivity index (χ2n) is 6.54. The van der Waals surface area contributed by atoms with Crippen LogP contribution in [0.4, 0.5) is 10.1 Å². The Balaban J connectivity index is 1.93. The van der Waals surface area contributed by atoms with E-state index in [1.807, 2.05) is 6.92 Å². The molecule has 0 saturated heterocycles. The van der Waals surface area contributed by atoms with Crippen LogP contribution in [0.15, 0.2) is 41.4 Å². The number of rotatable bonds is 5. The van der Waals surface area contributed by atoms with Gasteiger partial charge in [0.1, 0.15) is 17.3 Å². The van der Waals surface area contributed by atoms with Gasteiger partial charge in [-0.1, -0.05) is 17.8 Å². The highest BCUT2D eigenvalue weighted by atomic mass is 32.2. The van der Waals surface area contributed by atoms with Gasteiger partial charge in [0.25, 0.3) is 5.91 Å². The van der Waals surface area contributed by atoms with Crippen LogP contribution in [0, 0.1) is 5.82 Å². The molecule has 1 atom stereocenters. The maximum atomic E-state index is 14.4. The summed E-state index contributed by atoms with van der Waals surface area (Å²) in [6, 6.07) is 9.45. The van der Waals surface area contributed by atoms with Crippen molar-refractivity contribution in [2.24, 2.45) is 10.7 Å². The first-order chi connectivity index (χ1) is 13.4. The molecular formula is C20H22FN3O3S. The summed E-state index contributed by atoms with van der Waals surface area (Å²) in [5, 5.41) is 3.13. The second-order valence-corrected chi connectivity index (χ2v) is 7.65. The normalized spacial score (nSPS) is 18.9. The minimum Gasteiger partial charge on any atom is -0.497 e. The molecule has 0 bridgehead atoms. The molecule has 3 rings (SSSR count). The number of carbonyl (C=O) groups is 1. The maximum Gasteiger partial charge on any atom is 0.259 e. The van der Waals surface area contributed by atoms with Gasteiger partial charge in [-0.25, -0.2) is 4.39 Å². The topological polar surface area (TPSA) is 85.9 Å². The molecule has 0 radical (unpaired) electrons.